The van der Waals surface area contributed by atoms with E-state index >= 15 is 0 Å². The molecule has 0 unspecified atom stereocenters. The lowest BCUT2D eigenvalue weighted by atomic mass is 10.0. The first-order valence-corrected chi connectivity index (χ1v) is 9.56. The Kier molecular flexibility index (Phi) is 6.34. The summed E-state index contributed by atoms with van der Waals surface area (Å²) in [5.74, 6) is -1.000. The number of esters is 1. The van der Waals surface area contributed by atoms with Gasteiger partial charge in [-0.1, -0.05) is 48.5 Å². The first-order chi connectivity index (χ1) is 13.5. The second-order valence-corrected chi connectivity index (χ2v) is 7.21. The van der Waals surface area contributed by atoms with Crippen LogP contribution in [-0.4, -0.2) is 36.2 Å². The van der Waals surface area contributed by atoms with Gasteiger partial charge in [0.2, 0.25) is 0 Å². The van der Waals surface area contributed by atoms with Crippen molar-refractivity contribution >= 4 is 29.0 Å². The van der Waals surface area contributed by atoms with Crippen LogP contribution < -0.4 is 0 Å². The average molecular weight is 393 g/mol. The van der Waals surface area contributed by atoms with E-state index in [-0.39, 0.29) is 18.3 Å². The van der Waals surface area contributed by atoms with Crippen molar-refractivity contribution in [2.75, 3.05) is 13.7 Å². The summed E-state index contributed by atoms with van der Waals surface area (Å²) < 4.78 is 5.10. The molecule has 0 N–H and O–H groups in total. The predicted molar refractivity (Wildman–Crippen MR) is 107 cm³/mol. The summed E-state index contributed by atoms with van der Waals surface area (Å²) in [6.07, 6.45) is 0. The summed E-state index contributed by atoms with van der Waals surface area (Å²) >= 11 is 1.56. The molecule has 0 saturated heterocycles. The molecule has 28 heavy (non-hydrogen) atoms. The van der Waals surface area contributed by atoms with E-state index in [1.54, 1.807) is 54.8 Å². The van der Waals surface area contributed by atoms with Crippen molar-refractivity contribution in [3.8, 4) is 0 Å². The van der Waals surface area contributed by atoms with E-state index in [9.17, 15) is 14.4 Å². The van der Waals surface area contributed by atoms with Crippen molar-refractivity contribution in [1.82, 2.24) is 4.90 Å². The second kappa shape index (κ2) is 9.10. The van der Waals surface area contributed by atoms with Crippen LogP contribution in [0.5, 0.6) is 0 Å². The molecule has 3 aromatic rings. The molecule has 142 valence electrons. The number of likely N-dealkylation sites (N-methyl/N-ethyl adjacent to an activating group) is 1. The zero-order chi connectivity index (χ0) is 19.9. The van der Waals surface area contributed by atoms with Crippen LogP contribution in [0.3, 0.4) is 0 Å². The number of hydrogen-bond acceptors (Lipinski definition) is 5. The van der Waals surface area contributed by atoms with Crippen LogP contribution in [0, 0.1) is 0 Å². The SMILES string of the molecule is CN(Cc1cccs1)C(=O)COC(=O)c1ccc(C(=O)c2ccccc2)cc1. The molecule has 6 heteroatoms. The van der Waals surface area contributed by atoms with Gasteiger partial charge in [0, 0.05) is 23.1 Å². The van der Waals surface area contributed by atoms with E-state index in [4.69, 9.17) is 4.74 Å². The second-order valence-electron chi connectivity index (χ2n) is 6.18. The van der Waals surface area contributed by atoms with Gasteiger partial charge in [-0.25, -0.2) is 4.79 Å². The fourth-order valence-corrected chi connectivity index (χ4v) is 3.32. The minimum absolute atomic E-state index is 0.120. The minimum Gasteiger partial charge on any atom is -0.452 e. The zero-order valence-corrected chi connectivity index (χ0v) is 16.1. The first-order valence-electron chi connectivity index (χ1n) is 8.68. The molecule has 0 aliphatic carbocycles. The fourth-order valence-electron chi connectivity index (χ4n) is 2.56. The lowest BCUT2D eigenvalue weighted by Crippen LogP contribution is -2.30. The molecule has 0 aliphatic rings. The van der Waals surface area contributed by atoms with Gasteiger partial charge in [0.05, 0.1) is 12.1 Å². The molecule has 5 nitrogen and oxygen atoms in total. The number of ether oxygens (including phenoxy) is 1. The maximum atomic E-state index is 12.4. The number of hydrogen-bond donors (Lipinski definition) is 0. The number of thiophene rings is 1. The average Bonchev–Trinajstić information content (AvgIpc) is 3.25. The lowest BCUT2D eigenvalue weighted by Gasteiger charge is -2.16. The van der Waals surface area contributed by atoms with Gasteiger partial charge in [-0.05, 0) is 23.6 Å². The third-order valence-electron chi connectivity index (χ3n) is 4.14. The van der Waals surface area contributed by atoms with E-state index in [0.717, 1.165) is 4.88 Å². The van der Waals surface area contributed by atoms with Crippen LogP contribution in [0.4, 0.5) is 0 Å². The van der Waals surface area contributed by atoms with Gasteiger partial charge in [0.1, 0.15) is 0 Å². The van der Waals surface area contributed by atoms with Crippen molar-refractivity contribution in [1.29, 1.82) is 0 Å². The van der Waals surface area contributed by atoms with Gasteiger partial charge in [0.25, 0.3) is 5.91 Å². The Hall–Kier alpha value is -3.25. The smallest absolute Gasteiger partial charge is 0.338 e. The molecule has 1 amide bonds. The fraction of sp³-hybridized carbons (Fsp3) is 0.136. The van der Waals surface area contributed by atoms with Crippen LogP contribution in [0.2, 0.25) is 0 Å². The van der Waals surface area contributed by atoms with Crippen LogP contribution >= 0.6 is 11.3 Å². The number of rotatable bonds is 7. The van der Waals surface area contributed by atoms with Crippen LogP contribution in [0.1, 0.15) is 31.2 Å². The van der Waals surface area contributed by atoms with Crippen molar-refractivity contribution in [3.05, 3.63) is 93.7 Å². The summed E-state index contributed by atoms with van der Waals surface area (Å²) in [5.41, 5.74) is 1.35. The van der Waals surface area contributed by atoms with E-state index in [1.165, 1.54) is 17.0 Å². The highest BCUT2D eigenvalue weighted by atomic mass is 32.1. The summed E-state index contributed by atoms with van der Waals surface area (Å²) in [7, 11) is 1.67. The Labute approximate surface area is 167 Å². The van der Waals surface area contributed by atoms with Gasteiger partial charge in [-0.15, -0.1) is 11.3 Å². The Morgan fingerprint density at radius 3 is 2.14 bits per heavy atom. The minimum atomic E-state index is -0.600. The molecule has 3 rings (SSSR count). The number of carbonyl (C=O) groups excluding carboxylic acids is 3. The van der Waals surface area contributed by atoms with Gasteiger partial charge in [-0.2, -0.15) is 0 Å². The summed E-state index contributed by atoms with van der Waals surface area (Å²) in [5, 5.41) is 1.94. The Morgan fingerprint density at radius 1 is 0.857 bits per heavy atom. The number of amides is 1. The number of benzene rings is 2. The zero-order valence-electron chi connectivity index (χ0n) is 15.3. The Morgan fingerprint density at radius 2 is 1.50 bits per heavy atom. The third kappa shape index (κ3) is 4.92. The van der Waals surface area contributed by atoms with Gasteiger partial charge >= 0.3 is 5.97 Å². The number of ketones is 1. The normalized spacial score (nSPS) is 10.3. The molecule has 1 heterocycles. The molecule has 0 atom stereocenters. The maximum Gasteiger partial charge on any atom is 0.338 e. The monoisotopic (exact) mass is 393 g/mol. The Bertz CT molecular complexity index is 950. The van der Waals surface area contributed by atoms with Crippen LogP contribution in [-0.2, 0) is 16.1 Å². The molecular weight excluding hydrogens is 374 g/mol. The molecule has 0 fully saturated rings. The molecular formula is C22H19NO4S. The van der Waals surface area contributed by atoms with Crippen molar-refractivity contribution < 1.29 is 19.1 Å². The van der Waals surface area contributed by atoms with E-state index in [2.05, 4.69) is 0 Å². The predicted octanol–water partition coefficient (Wildman–Crippen LogP) is 3.79. The third-order valence-corrected chi connectivity index (χ3v) is 5.01. The standard InChI is InChI=1S/C22H19NO4S/c1-23(14-19-8-5-13-28-19)20(24)15-27-22(26)18-11-9-17(10-12-18)21(25)16-6-3-2-4-7-16/h2-13H,14-15H2,1H3. The number of nitrogens with zero attached hydrogens (tertiary/aromatic N) is 1. The summed E-state index contributed by atoms with van der Waals surface area (Å²) in [4.78, 5) is 39.2. The number of carbonyl (C=O) groups is 3. The van der Waals surface area contributed by atoms with Gasteiger partial charge in [-0.3, -0.25) is 9.59 Å². The van der Waals surface area contributed by atoms with Crippen molar-refractivity contribution in [2.45, 2.75) is 6.54 Å². The topological polar surface area (TPSA) is 63.7 Å². The maximum absolute atomic E-state index is 12.4. The molecule has 1 aromatic heterocycles. The van der Waals surface area contributed by atoms with Crippen LogP contribution in [0.25, 0.3) is 0 Å². The van der Waals surface area contributed by atoms with Crippen LogP contribution in [0.15, 0.2) is 72.1 Å². The Balaban J connectivity index is 1.54. The molecule has 0 bridgehead atoms. The van der Waals surface area contributed by atoms with E-state index < -0.39 is 5.97 Å². The first kappa shape index (κ1) is 19.5. The molecule has 0 aliphatic heterocycles. The summed E-state index contributed by atoms with van der Waals surface area (Å²) in [6.45, 7) is 0.149. The summed E-state index contributed by atoms with van der Waals surface area (Å²) in [6, 6.07) is 19.0. The molecule has 0 spiro atoms. The lowest BCUT2D eigenvalue weighted by molar-refractivity contribution is -0.133. The van der Waals surface area contributed by atoms with Crippen molar-refractivity contribution in [3.63, 3.8) is 0 Å². The highest BCUT2D eigenvalue weighted by Crippen LogP contribution is 2.13. The largest absolute Gasteiger partial charge is 0.452 e. The quantitative estimate of drug-likeness (QED) is 0.452. The molecule has 0 saturated carbocycles. The van der Waals surface area contributed by atoms with E-state index in [1.807, 2.05) is 23.6 Å². The highest BCUT2D eigenvalue weighted by Gasteiger charge is 2.15. The van der Waals surface area contributed by atoms with E-state index in [0.29, 0.717) is 23.2 Å². The molecule has 2 aromatic carbocycles. The highest BCUT2D eigenvalue weighted by molar-refractivity contribution is 7.09. The van der Waals surface area contributed by atoms with Gasteiger partial charge in [0.15, 0.2) is 12.4 Å². The molecule has 0 radical (unpaired) electrons. The van der Waals surface area contributed by atoms with Crippen molar-refractivity contribution in [2.24, 2.45) is 0 Å². The van der Waals surface area contributed by atoms with Gasteiger partial charge < -0.3 is 9.64 Å².